The standard InChI is InChI=1S/C19H18N2O2S/c1-14-10-11-21(17-4-2-3-5-18(17)24-14)19(22)13-23-16-8-6-15(12-20)7-9-16/h2-9,14H,10-11,13H2,1H3/t14-/m1/s1. The molecule has 0 aliphatic carbocycles. The predicted octanol–water partition coefficient (Wildman–Crippen LogP) is 3.85. The van der Waals surface area contributed by atoms with Gasteiger partial charge in [0.05, 0.1) is 17.3 Å². The lowest BCUT2D eigenvalue weighted by Gasteiger charge is -2.22. The molecule has 2 aromatic rings. The van der Waals surface area contributed by atoms with Gasteiger partial charge in [-0.15, -0.1) is 11.8 Å². The van der Waals surface area contributed by atoms with E-state index in [1.165, 1.54) is 0 Å². The van der Waals surface area contributed by atoms with Crippen LogP contribution in [0.2, 0.25) is 0 Å². The number of para-hydroxylation sites is 1. The molecule has 0 unspecified atom stereocenters. The van der Waals surface area contributed by atoms with Crippen LogP contribution in [0.15, 0.2) is 53.4 Å². The Kier molecular flexibility index (Phi) is 5.07. The second-order valence-electron chi connectivity index (χ2n) is 5.66. The molecule has 3 rings (SSSR count). The van der Waals surface area contributed by atoms with E-state index < -0.39 is 0 Å². The Morgan fingerprint density at radius 2 is 2.04 bits per heavy atom. The van der Waals surface area contributed by atoms with Gasteiger partial charge >= 0.3 is 0 Å². The Labute approximate surface area is 146 Å². The largest absolute Gasteiger partial charge is 0.484 e. The van der Waals surface area contributed by atoms with Crippen molar-refractivity contribution in [2.45, 2.75) is 23.5 Å². The normalized spacial score (nSPS) is 16.7. The fourth-order valence-corrected chi connectivity index (χ4v) is 3.71. The van der Waals surface area contributed by atoms with Crippen molar-refractivity contribution in [1.82, 2.24) is 0 Å². The van der Waals surface area contributed by atoms with Crippen LogP contribution >= 0.6 is 11.8 Å². The number of rotatable bonds is 3. The number of nitriles is 1. The molecule has 5 heteroatoms. The second-order valence-corrected chi connectivity index (χ2v) is 7.14. The molecule has 0 saturated heterocycles. The van der Waals surface area contributed by atoms with Gasteiger partial charge in [-0.25, -0.2) is 0 Å². The minimum Gasteiger partial charge on any atom is -0.484 e. The summed E-state index contributed by atoms with van der Waals surface area (Å²) < 4.78 is 5.60. The minimum absolute atomic E-state index is 0.0146. The molecule has 122 valence electrons. The van der Waals surface area contributed by atoms with E-state index in [-0.39, 0.29) is 12.5 Å². The summed E-state index contributed by atoms with van der Waals surface area (Å²) in [6.45, 7) is 2.86. The lowest BCUT2D eigenvalue weighted by molar-refractivity contribution is -0.120. The summed E-state index contributed by atoms with van der Waals surface area (Å²) >= 11 is 1.81. The van der Waals surface area contributed by atoms with Gasteiger partial charge in [0.1, 0.15) is 5.75 Å². The molecule has 24 heavy (non-hydrogen) atoms. The smallest absolute Gasteiger partial charge is 0.264 e. The number of nitrogens with zero attached hydrogens (tertiary/aromatic N) is 2. The molecule has 0 spiro atoms. The van der Waals surface area contributed by atoms with Gasteiger partial charge in [-0.2, -0.15) is 5.26 Å². The first-order valence-corrected chi connectivity index (χ1v) is 8.74. The molecule has 1 aliphatic heterocycles. The SMILES string of the molecule is C[C@@H]1CCN(C(=O)COc2ccc(C#N)cc2)c2ccccc2S1. The van der Waals surface area contributed by atoms with Crippen molar-refractivity contribution in [2.24, 2.45) is 0 Å². The summed E-state index contributed by atoms with van der Waals surface area (Å²) in [6, 6.07) is 16.8. The number of fused-ring (bicyclic) bond motifs is 1. The molecule has 0 fully saturated rings. The van der Waals surface area contributed by atoms with Crippen LogP contribution in [0.1, 0.15) is 18.9 Å². The van der Waals surface area contributed by atoms with E-state index >= 15 is 0 Å². The molecule has 2 aromatic carbocycles. The van der Waals surface area contributed by atoms with Crippen LogP contribution in [0.5, 0.6) is 5.75 Å². The molecule has 0 radical (unpaired) electrons. The molecule has 4 nitrogen and oxygen atoms in total. The number of anilines is 1. The van der Waals surface area contributed by atoms with Crippen LogP contribution in [-0.4, -0.2) is 24.3 Å². The molecular weight excluding hydrogens is 320 g/mol. The van der Waals surface area contributed by atoms with Gasteiger partial charge in [0.25, 0.3) is 5.91 Å². The quantitative estimate of drug-likeness (QED) is 0.853. The van der Waals surface area contributed by atoms with Crippen LogP contribution < -0.4 is 9.64 Å². The zero-order chi connectivity index (χ0) is 16.9. The highest BCUT2D eigenvalue weighted by molar-refractivity contribution is 8.00. The first-order chi connectivity index (χ1) is 11.7. The van der Waals surface area contributed by atoms with E-state index in [0.29, 0.717) is 23.1 Å². The fraction of sp³-hybridized carbons (Fsp3) is 0.263. The number of carbonyl (C=O) groups is 1. The highest BCUT2D eigenvalue weighted by Crippen LogP contribution is 2.37. The molecule has 1 heterocycles. The summed E-state index contributed by atoms with van der Waals surface area (Å²) in [5.74, 6) is 0.537. The number of hydrogen-bond donors (Lipinski definition) is 0. The zero-order valence-electron chi connectivity index (χ0n) is 13.4. The number of hydrogen-bond acceptors (Lipinski definition) is 4. The Bertz CT molecular complexity index is 768. The van der Waals surface area contributed by atoms with Crippen molar-refractivity contribution >= 4 is 23.4 Å². The second kappa shape index (κ2) is 7.41. The monoisotopic (exact) mass is 338 g/mol. The molecule has 1 aliphatic rings. The maximum atomic E-state index is 12.7. The summed E-state index contributed by atoms with van der Waals surface area (Å²) in [4.78, 5) is 15.6. The third kappa shape index (κ3) is 3.72. The van der Waals surface area contributed by atoms with Crippen molar-refractivity contribution in [2.75, 3.05) is 18.1 Å². The Hall–Kier alpha value is -2.45. The number of thioether (sulfide) groups is 1. The fourth-order valence-electron chi connectivity index (χ4n) is 2.59. The van der Waals surface area contributed by atoms with Crippen molar-refractivity contribution < 1.29 is 9.53 Å². The van der Waals surface area contributed by atoms with Gasteiger partial charge in [0.15, 0.2) is 6.61 Å². The van der Waals surface area contributed by atoms with Crippen molar-refractivity contribution in [3.8, 4) is 11.8 Å². The highest BCUT2D eigenvalue weighted by Gasteiger charge is 2.24. The van der Waals surface area contributed by atoms with Gasteiger partial charge in [-0.05, 0) is 42.8 Å². The number of ether oxygens (including phenoxy) is 1. The maximum absolute atomic E-state index is 12.7. The average Bonchev–Trinajstić information content (AvgIpc) is 2.78. The van der Waals surface area contributed by atoms with Gasteiger partial charge in [-0.1, -0.05) is 19.1 Å². The van der Waals surface area contributed by atoms with E-state index in [1.807, 2.05) is 34.9 Å². The third-order valence-electron chi connectivity index (χ3n) is 3.89. The molecule has 0 N–H and O–H groups in total. The van der Waals surface area contributed by atoms with Gasteiger partial charge in [0.2, 0.25) is 0 Å². The van der Waals surface area contributed by atoms with Gasteiger partial charge in [-0.3, -0.25) is 4.79 Å². The van der Waals surface area contributed by atoms with Crippen molar-refractivity contribution in [1.29, 1.82) is 5.26 Å². The summed E-state index contributed by atoms with van der Waals surface area (Å²) in [5, 5.41) is 9.28. The van der Waals surface area contributed by atoms with Crippen LogP contribution in [0, 0.1) is 11.3 Å². The molecule has 0 bridgehead atoms. The Morgan fingerprint density at radius 3 is 2.79 bits per heavy atom. The van der Waals surface area contributed by atoms with Gasteiger partial charge < -0.3 is 9.64 Å². The topological polar surface area (TPSA) is 53.3 Å². The summed E-state index contributed by atoms with van der Waals surface area (Å²) in [5.41, 5.74) is 1.53. The van der Waals surface area contributed by atoms with E-state index in [9.17, 15) is 4.79 Å². The molecular formula is C19H18N2O2S. The first kappa shape index (κ1) is 16.4. The van der Waals surface area contributed by atoms with Gasteiger partial charge in [0, 0.05) is 16.7 Å². The summed E-state index contributed by atoms with van der Waals surface area (Å²) in [6.07, 6.45) is 0.946. The van der Waals surface area contributed by atoms with E-state index in [2.05, 4.69) is 19.1 Å². The lowest BCUT2D eigenvalue weighted by Crippen LogP contribution is -2.36. The van der Waals surface area contributed by atoms with E-state index in [4.69, 9.17) is 10.00 Å². The number of amides is 1. The predicted molar refractivity (Wildman–Crippen MR) is 95.4 cm³/mol. The van der Waals surface area contributed by atoms with Crippen LogP contribution in [-0.2, 0) is 4.79 Å². The third-order valence-corrected chi connectivity index (χ3v) is 5.13. The Morgan fingerprint density at radius 1 is 1.29 bits per heavy atom. The minimum atomic E-state index is -0.0542. The maximum Gasteiger partial charge on any atom is 0.264 e. The van der Waals surface area contributed by atoms with Crippen LogP contribution in [0.4, 0.5) is 5.69 Å². The highest BCUT2D eigenvalue weighted by atomic mass is 32.2. The van der Waals surface area contributed by atoms with Crippen molar-refractivity contribution in [3.05, 3.63) is 54.1 Å². The van der Waals surface area contributed by atoms with E-state index in [0.717, 1.165) is 17.0 Å². The molecule has 0 aromatic heterocycles. The number of benzene rings is 2. The zero-order valence-corrected chi connectivity index (χ0v) is 14.3. The lowest BCUT2D eigenvalue weighted by atomic mass is 10.2. The molecule has 1 atom stereocenters. The van der Waals surface area contributed by atoms with E-state index in [1.54, 1.807) is 24.3 Å². The van der Waals surface area contributed by atoms with Crippen LogP contribution in [0.3, 0.4) is 0 Å². The summed E-state index contributed by atoms with van der Waals surface area (Å²) in [7, 11) is 0. The van der Waals surface area contributed by atoms with Crippen LogP contribution in [0.25, 0.3) is 0 Å². The Balaban J connectivity index is 1.71. The first-order valence-electron chi connectivity index (χ1n) is 7.86. The number of carbonyl (C=O) groups excluding carboxylic acids is 1. The molecule has 0 saturated carbocycles. The van der Waals surface area contributed by atoms with Crippen molar-refractivity contribution in [3.63, 3.8) is 0 Å². The average molecular weight is 338 g/mol. The molecule has 1 amide bonds.